The van der Waals surface area contributed by atoms with Gasteiger partial charge in [0, 0.05) is 31.4 Å². The molecule has 2 N–H and O–H groups in total. The standard InChI is InChI=1S/C15H30N4OS.HI/c1-4-16-14(18-13(2)3)17-11-15(5-10-21-12-15)19-6-8-20-9-7-19;/h13H,4-12H2,1-3H3,(H2,16,17,18);1H. The zero-order chi connectivity index (χ0) is 15.1. The first-order valence-corrected chi connectivity index (χ1v) is 9.27. The molecule has 0 aliphatic carbocycles. The third-order valence-corrected chi connectivity index (χ3v) is 5.30. The van der Waals surface area contributed by atoms with E-state index in [2.05, 4.69) is 48.1 Å². The normalized spacial score (nSPS) is 26.8. The van der Waals surface area contributed by atoms with Crippen molar-refractivity contribution in [1.82, 2.24) is 15.5 Å². The molecule has 0 saturated carbocycles. The van der Waals surface area contributed by atoms with Crippen molar-refractivity contribution in [1.29, 1.82) is 0 Å². The first-order valence-electron chi connectivity index (χ1n) is 8.12. The fourth-order valence-electron chi connectivity index (χ4n) is 2.93. The van der Waals surface area contributed by atoms with Crippen LogP contribution in [0.3, 0.4) is 0 Å². The number of aliphatic imine (C=N–C) groups is 1. The van der Waals surface area contributed by atoms with E-state index in [1.165, 1.54) is 17.9 Å². The maximum atomic E-state index is 5.51. The molecule has 7 heteroatoms. The summed E-state index contributed by atoms with van der Waals surface area (Å²) in [5.74, 6) is 3.38. The number of nitrogens with zero attached hydrogens (tertiary/aromatic N) is 2. The van der Waals surface area contributed by atoms with Gasteiger partial charge in [0.2, 0.25) is 0 Å². The zero-order valence-electron chi connectivity index (χ0n) is 14.1. The van der Waals surface area contributed by atoms with E-state index in [-0.39, 0.29) is 29.5 Å². The van der Waals surface area contributed by atoms with Crippen LogP contribution in [-0.2, 0) is 4.74 Å². The zero-order valence-corrected chi connectivity index (χ0v) is 17.2. The molecule has 0 radical (unpaired) electrons. The molecule has 2 aliphatic heterocycles. The number of nitrogens with one attached hydrogen (secondary N) is 2. The van der Waals surface area contributed by atoms with Gasteiger partial charge in [-0.3, -0.25) is 9.89 Å². The Labute approximate surface area is 156 Å². The molecular formula is C15H31IN4OS. The molecule has 22 heavy (non-hydrogen) atoms. The first kappa shape index (κ1) is 20.3. The Kier molecular flexibility index (Phi) is 9.42. The number of guanidine groups is 1. The van der Waals surface area contributed by atoms with Crippen LogP contribution in [0.15, 0.2) is 4.99 Å². The highest BCUT2D eigenvalue weighted by molar-refractivity contribution is 14.0. The van der Waals surface area contributed by atoms with E-state index in [9.17, 15) is 0 Å². The minimum atomic E-state index is 0. The molecule has 2 fully saturated rings. The largest absolute Gasteiger partial charge is 0.379 e. The molecule has 1 unspecified atom stereocenters. The van der Waals surface area contributed by atoms with E-state index in [1.807, 2.05) is 0 Å². The van der Waals surface area contributed by atoms with Gasteiger partial charge in [0.15, 0.2) is 5.96 Å². The Balaban J connectivity index is 0.00000242. The highest BCUT2D eigenvalue weighted by Gasteiger charge is 2.40. The minimum Gasteiger partial charge on any atom is -0.379 e. The van der Waals surface area contributed by atoms with E-state index in [4.69, 9.17) is 9.73 Å². The predicted octanol–water partition coefficient (Wildman–Crippen LogP) is 1.78. The number of hydrogen-bond donors (Lipinski definition) is 2. The highest BCUT2D eigenvalue weighted by Crippen LogP contribution is 2.34. The Bertz CT molecular complexity index is 342. The molecule has 5 nitrogen and oxygen atoms in total. The lowest BCUT2D eigenvalue weighted by Gasteiger charge is -2.42. The summed E-state index contributed by atoms with van der Waals surface area (Å²) in [6.07, 6.45) is 1.24. The van der Waals surface area contributed by atoms with Crippen LogP contribution in [0.4, 0.5) is 0 Å². The van der Waals surface area contributed by atoms with Gasteiger partial charge < -0.3 is 15.4 Å². The van der Waals surface area contributed by atoms with Crippen molar-refractivity contribution < 1.29 is 4.74 Å². The molecule has 0 spiro atoms. The van der Waals surface area contributed by atoms with Gasteiger partial charge >= 0.3 is 0 Å². The Morgan fingerprint density at radius 1 is 1.36 bits per heavy atom. The molecular weight excluding hydrogens is 411 g/mol. The molecule has 0 aromatic rings. The summed E-state index contributed by atoms with van der Waals surface area (Å²) in [7, 11) is 0. The summed E-state index contributed by atoms with van der Waals surface area (Å²) in [5, 5.41) is 6.76. The van der Waals surface area contributed by atoms with Gasteiger partial charge in [-0.2, -0.15) is 11.8 Å². The van der Waals surface area contributed by atoms with Crippen molar-refractivity contribution in [2.75, 3.05) is 50.9 Å². The first-order chi connectivity index (χ1) is 10.2. The Hall–Kier alpha value is 0.270. The smallest absolute Gasteiger partial charge is 0.191 e. The molecule has 130 valence electrons. The van der Waals surface area contributed by atoms with Gasteiger partial charge in [0.25, 0.3) is 0 Å². The lowest BCUT2D eigenvalue weighted by molar-refractivity contribution is -0.0104. The number of rotatable bonds is 5. The lowest BCUT2D eigenvalue weighted by Crippen LogP contribution is -2.56. The van der Waals surface area contributed by atoms with Gasteiger partial charge in [-0.1, -0.05) is 0 Å². The maximum Gasteiger partial charge on any atom is 0.191 e. The van der Waals surface area contributed by atoms with Crippen LogP contribution in [0.5, 0.6) is 0 Å². The lowest BCUT2D eigenvalue weighted by atomic mass is 9.96. The molecule has 2 saturated heterocycles. The maximum absolute atomic E-state index is 5.51. The average Bonchev–Trinajstić information content (AvgIpc) is 2.96. The monoisotopic (exact) mass is 442 g/mol. The minimum absolute atomic E-state index is 0. The van der Waals surface area contributed by atoms with Gasteiger partial charge in [-0.05, 0) is 32.9 Å². The quantitative estimate of drug-likeness (QED) is 0.386. The predicted molar refractivity (Wildman–Crippen MR) is 107 cm³/mol. The topological polar surface area (TPSA) is 48.9 Å². The molecule has 1 atom stereocenters. The van der Waals surface area contributed by atoms with Crippen molar-refractivity contribution in [3.8, 4) is 0 Å². The second kappa shape index (κ2) is 10.2. The summed E-state index contributed by atoms with van der Waals surface area (Å²) in [5.41, 5.74) is 0.230. The van der Waals surface area contributed by atoms with E-state index in [0.717, 1.165) is 45.4 Å². The van der Waals surface area contributed by atoms with Crippen molar-refractivity contribution in [2.45, 2.75) is 38.8 Å². The average molecular weight is 442 g/mol. The van der Waals surface area contributed by atoms with E-state index in [0.29, 0.717) is 6.04 Å². The van der Waals surface area contributed by atoms with Gasteiger partial charge in [0.1, 0.15) is 0 Å². The third kappa shape index (κ3) is 5.72. The summed E-state index contributed by atoms with van der Waals surface area (Å²) in [4.78, 5) is 7.49. The van der Waals surface area contributed by atoms with Gasteiger partial charge in [0.05, 0.1) is 25.3 Å². The van der Waals surface area contributed by atoms with Crippen molar-refractivity contribution in [2.24, 2.45) is 4.99 Å². The van der Waals surface area contributed by atoms with Crippen molar-refractivity contribution in [3.05, 3.63) is 0 Å². The number of thioether (sulfide) groups is 1. The Morgan fingerprint density at radius 3 is 2.64 bits per heavy atom. The molecule has 2 rings (SSSR count). The van der Waals surface area contributed by atoms with Crippen LogP contribution in [0, 0.1) is 0 Å². The number of ether oxygens (including phenoxy) is 1. The van der Waals surface area contributed by atoms with Crippen LogP contribution >= 0.6 is 35.7 Å². The SMILES string of the molecule is CCNC(=NCC1(N2CCOCC2)CCSC1)NC(C)C.I. The second-order valence-electron chi connectivity index (χ2n) is 6.12. The molecule has 2 heterocycles. The fraction of sp³-hybridized carbons (Fsp3) is 0.933. The van der Waals surface area contributed by atoms with E-state index < -0.39 is 0 Å². The summed E-state index contributed by atoms with van der Waals surface area (Å²) in [6, 6.07) is 0.403. The van der Waals surface area contributed by atoms with Crippen LogP contribution in [0.2, 0.25) is 0 Å². The highest BCUT2D eigenvalue weighted by atomic mass is 127. The van der Waals surface area contributed by atoms with Crippen LogP contribution in [0.25, 0.3) is 0 Å². The van der Waals surface area contributed by atoms with Crippen molar-refractivity contribution >= 4 is 41.7 Å². The van der Waals surface area contributed by atoms with Gasteiger partial charge in [-0.25, -0.2) is 0 Å². The Morgan fingerprint density at radius 2 is 2.09 bits per heavy atom. The van der Waals surface area contributed by atoms with Crippen LogP contribution in [-0.4, -0.2) is 73.3 Å². The van der Waals surface area contributed by atoms with Crippen molar-refractivity contribution in [3.63, 3.8) is 0 Å². The third-order valence-electron chi connectivity index (χ3n) is 4.07. The number of halogens is 1. The molecule has 2 aliphatic rings. The molecule has 0 aromatic heterocycles. The number of morpholine rings is 1. The van der Waals surface area contributed by atoms with Crippen LogP contribution < -0.4 is 10.6 Å². The molecule has 0 bridgehead atoms. The second-order valence-corrected chi connectivity index (χ2v) is 7.23. The molecule has 0 aromatic carbocycles. The number of hydrogen-bond acceptors (Lipinski definition) is 4. The summed E-state index contributed by atoms with van der Waals surface area (Å²) < 4.78 is 5.51. The van der Waals surface area contributed by atoms with E-state index >= 15 is 0 Å². The van der Waals surface area contributed by atoms with Gasteiger partial charge in [-0.15, -0.1) is 24.0 Å². The molecule has 0 amide bonds. The van der Waals surface area contributed by atoms with E-state index in [1.54, 1.807) is 0 Å². The fourth-order valence-corrected chi connectivity index (χ4v) is 4.39. The summed E-state index contributed by atoms with van der Waals surface area (Å²) in [6.45, 7) is 12.0. The summed E-state index contributed by atoms with van der Waals surface area (Å²) >= 11 is 2.06. The van der Waals surface area contributed by atoms with Crippen LogP contribution in [0.1, 0.15) is 27.2 Å².